The topological polar surface area (TPSA) is 12.4 Å². The van der Waals surface area contributed by atoms with E-state index in [-0.39, 0.29) is 0 Å². The third-order valence-electron chi connectivity index (χ3n) is 0.993. The lowest BCUT2D eigenvalue weighted by molar-refractivity contribution is 1.11. The Morgan fingerprint density at radius 2 is 2.33 bits per heavy atom. The van der Waals surface area contributed by atoms with Crippen LogP contribution < -0.4 is 0 Å². The van der Waals surface area contributed by atoms with Crippen molar-refractivity contribution in [3.63, 3.8) is 0 Å². The minimum Gasteiger partial charge on any atom is -0.289 e. The van der Waals surface area contributed by atoms with Gasteiger partial charge in [-0.2, -0.15) is 0 Å². The van der Waals surface area contributed by atoms with Gasteiger partial charge in [-0.1, -0.05) is 24.3 Å². The molecule has 0 radical (unpaired) electrons. The Balaban J connectivity index is 3.43. The molecule has 0 aliphatic rings. The van der Waals surface area contributed by atoms with Crippen LogP contribution in [0, 0.1) is 0 Å². The highest BCUT2D eigenvalue weighted by atomic mass is 32.2. The first-order valence-electron chi connectivity index (χ1n) is 3.03. The first-order valence-corrected chi connectivity index (χ1v) is 3.97. The maximum absolute atomic E-state index is 3.84. The zero-order valence-electron chi connectivity index (χ0n) is 6.22. The van der Waals surface area contributed by atoms with Crippen LogP contribution in [0.4, 0.5) is 0 Å². The predicted octanol–water partition coefficient (Wildman–Crippen LogP) is 2.69. The van der Waals surface area contributed by atoms with Gasteiger partial charge in [-0.3, -0.25) is 4.99 Å². The summed E-state index contributed by atoms with van der Waals surface area (Å²) in [6.45, 7) is 4.27. The van der Waals surface area contributed by atoms with Crippen LogP contribution in [-0.2, 0) is 0 Å². The van der Waals surface area contributed by atoms with Crippen molar-refractivity contribution in [2.45, 2.75) is 20.3 Å². The van der Waals surface area contributed by atoms with E-state index in [0.29, 0.717) is 0 Å². The van der Waals surface area contributed by atoms with Gasteiger partial charge >= 0.3 is 0 Å². The van der Waals surface area contributed by atoms with Crippen molar-refractivity contribution in [2.24, 2.45) is 4.99 Å². The molecule has 0 rings (SSSR count). The second-order valence-corrected chi connectivity index (χ2v) is 2.54. The van der Waals surface area contributed by atoms with Gasteiger partial charge in [-0.05, 0) is 18.8 Å². The minimum absolute atomic E-state index is 1.13. The van der Waals surface area contributed by atoms with Crippen molar-refractivity contribution >= 4 is 17.3 Å². The Hall–Kier alpha value is -0.240. The molecular weight excluding hydrogens is 130 g/mol. The van der Waals surface area contributed by atoms with Crippen molar-refractivity contribution in [3.8, 4) is 0 Å². The molecule has 0 heterocycles. The Kier molecular flexibility index (Phi) is 5.73. The molecule has 0 bridgehead atoms. The number of thioether (sulfide) groups is 1. The van der Waals surface area contributed by atoms with Crippen LogP contribution in [0.1, 0.15) is 20.3 Å². The van der Waals surface area contributed by atoms with E-state index in [0.717, 1.165) is 6.42 Å². The fraction of sp³-hybridized carbons (Fsp3) is 0.571. The zero-order chi connectivity index (χ0) is 7.11. The Bertz CT molecular complexity index is 116. The van der Waals surface area contributed by atoms with Gasteiger partial charge < -0.3 is 0 Å². The van der Waals surface area contributed by atoms with Gasteiger partial charge in [0.25, 0.3) is 0 Å². The normalized spacial score (nSPS) is 13.0. The van der Waals surface area contributed by atoms with Crippen LogP contribution in [0.15, 0.2) is 16.0 Å². The molecule has 0 saturated carbocycles. The molecule has 0 saturated heterocycles. The van der Waals surface area contributed by atoms with Gasteiger partial charge in [0.2, 0.25) is 0 Å². The average Bonchev–Trinajstić information content (AvgIpc) is 1.89. The standard InChI is InChI=1S/C7H13NS/c1-4-7(2)5-9-6-8-3/h5-6H,4H2,1-3H3/b7-5+,8-6+. The largest absolute Gasteiger partial charge is 0.289 e. The van der Waals surface area contributed by atoms with Crippen LogP contribution in [0.2, 0.25) is 0 Å². The Morgan fingerprint density at radius 1 is 1.67 bits per heavy atom. The van der Waals surface area contributed by atoms with Crippen LogP contribution in [0.3, 0.4) is 0 Å². The summed E-state index contributed by atoms with van der Waals surface area (Å²) in [7, 11) is 1.78. The summed E-state index contributed by atoms with van der Waals surface area (Å²) in [6.07, 6.45) is 1.13. The summed E-state index contributed by atoms with van der Waals surface area (Å²) in [4.78, 5) is 3.84. The molecule has 0 aliphatic heterocycles. The highest BCUT2D eigenvalue weighted by Gasteiger charge is 1.79. The van der Waals surface area contributed by atoms with Gasteiger partial charge in [-0.15, -0.1) is 0 Å². The van der Waals surface area contributed by atoms with E-state index in [1.807, 2.05) is 5.55 Å². The summed E-state index contributed by atoms with van der Waals surface area (Å²) in [5.74, 6) is 0. The molecule has 0 aromatic rings. The van der Waals surface area contributed by atoms with Crippen molar-refractivity contribution < 1.29 is 0 Å². The molecule has 0 aromatic carbocycles. The number of allylic oxidation sites excluding steroid dienone is 1. The molecular formula is C7H13NS. The van der Waals surface area contributed by atoms with E-state index in [1.165, 1.54) is 5.57 Å². The van der Waals surface area contributed by atoms with Crippen LogP contribution >= 0.6 is 11.8 Å². The number of aliphatic imine (C=N–C) groups is 1. The average molecular weight is 143 g/mol. The van der Waals surface area contributed by atoms with Crippen LogP contribution in [0.5, 0.6) is 0 Å². The minimum atomic E-state index is 1.13. The Labute approximate surface area is 61.3 Å². The molecule has 52 valence electrons. The van der Waals surface area contributed by atoms with Gasteiger partial charge in [0.15, 0.2) is 0 Å². The summed E-state index contributed by atoms with van der Waals surface area (Å²) < 4.78 is 0. The van der Waals surface area contributed by atoms with Crippen LogP contribution in [-0.4, -0.2) is 12.6 Å². The van der Waals surface area contributed by atoms with Crippen molar-refractivity contribution in [1.29, 1.82) is 0 Å². The summed E-state index contributed by atoms with van der Waals surface area (Å²) in [5.41, 5.74) is 3.24. The molecule has 0 aliphatic carbocycles. The molecule has 0 N–H and O–H groups in total. The van der Waals surface area contributed by atoms with Gasteiger partial charge in [-0.25, -0.2) is 0 Å². The number of nitrogens with zero attached hydrogens (tertiary/aromatic N) is 1. The maximum atomic E-state index is 3.84. The monoisotopic (exact) mass is 143 g/mol. The molecule has 0 fully saturated rings. The van der Waals surface area contributed by atoms with E-state index in [9.17, 15) is 0 Å². The van der Waals surface area contributed by atoms with Crippen LogP contribution in [0.25, 0.3) is 0 Å². The highest BCUT2D eigenvalue weighted by Crippen LogP contribution is 2.05. The molecule has 0 unspecified atom stereocenters. The van der Waals surface area contributed by atoms with Gasteiger partial charge in [0.05, 0.1) is 5.55 Å². The second kappa shape index (κ2) is 5.89. The van der Waals surface area contributed by atoms with E-state index in [4.69, 9.17) is 0 Å². The fourth-order valence-corrected chi connectivity index (χ4v) is 0.872. The fourth-order valence-electron chi connectivity index (χ4n) is 0.291. The lowest BCUT2D eigenvalue weighted by Gasteiger charge is -1.89. The summed E-state index contributed by atoms with van der Waals surface area (Å²) in [5, 5.41) is 2.12. The summed E-state index contributed by atoms with van der Waals surface area (Å²) in [6, 6.07) is 0. The SMILES string of the molecule is CC/C(C)=C/S/C=N/C. The number of hydrogen-bond donors (Lipinski definition) is 0. The van der Waals surface area contributed by atoms with E-state index >= 15 is 0 Å². The van der Waals surface area contributed by atoms with Gasteiger partial charge in [0, 0.05) is 7.05 Å². The highest BCUT2D eigenvalue weighted by molar-refractivity contribution is 8.14. The molecule has 0 atom stereocenters. The van der Waals surface area contributed by atoms with Crippen molar-refractivity contribution in [3.05, 3.63) is 11.0 Å². The van der Waals surface area contributed by atoms with E-state index < -0.39 is 0 Å². The van der Waals surface area contributed by atoms with Crippen molar-refractivity contribution in [2.75, 3.05) is 7.05 Å². The molecule has 0 spiro atoms. The quantitative estimate of drug-likeness (QED) is 0.437. The Morgan fingerprint density at radius 3 is 2.78 bits per heavy atom. The smallest absolute Gasteiger partial charge is 0.0579 e. The first-order chi connectivity index (χ1) is 4.31. The first kappa shape index (κ1) is 8.76. The number of hydrogen-bond acceptors (Lipinski definition) is 2. The molecule has 0 amide bonds. The molecule has 0 aromatic heterocycles. The van der Waals surface area contributed by atoms with E-state index in [2.05, 4.69) is 24.2 Å². The molecule has 9 heavy (non-hydrogen) atoms. The lowest BCUT2D eigenvalue weighted by atomic mass is 10.3. The lowest BCUT2D eigenvalue weighted by Crippen LogP contribution is -1.67. The van der Waals surface area contributed by atoms with Gasteiger partial charge in [0.1, 0.15) is 0 Å². The van der Waals surface area contributed by atoms with E-state index in [1.54, 1.807) is 18.8 Å². The third kappa shape index (κ3) is 5.63. The summed E-state index contributed by atoms with van der Waals surface area (Å²) >= 11 is 1.63. The number of rotatable bonds is 3. The molecule has 1 nitrogen and oxygen atoms in total. The van der Waals surface area contributed by atoms with Crippen molar-refractivity contribution in [1.82, 2.24) is 0 Å². The maximum Gasteiger partial charge on any atom is 0.0579 e. The second-order valence-electron chi connectivity index (χ2n) is 1.82. The predicted molar refractivity (Wildman–Crippen MR) is 46.1 cm³/mol. The zero-order valence-corrected chi connectivity index (χ0v) is 7.03. The molecule has 2 heteroatoms. The third-order valence-corrected chi connectivity index (χ3v) is 1.86.